The van der Waals surface area contributed by atoms with Gasteiger partial charge in [0.1, 0.15) is 5.75 Å². The molecule has 2 aromatic carbocycles. The summed E-state index contributed by atoms with van der Waals surface area (Å²) in [6.07, 6.45) is 1.67. The van der Waals surface area contributed by atoms with Crippen molar-refractivity contribution in [3.63, 3.8) is 0 Å². The third-order valence-electron chi connectivity index (χ3n) is 2.31. The van der Waals surface area contributed by atoms with Crippen LogP contribution in [0.25, 0.3) is 0 Å². The Morgan fingerprint density at radius 1 is 1.06 bits per heavy atom. The lowest BCUT2D eigenvalue weighted by Crippen LogP contribution is -1.80. The summed E-state index contributed by atoms with van der Waals surface area (Å²) in [4.78, 5) is 1.09. The van der Waals surface area contributed by atoms with Crippen LogP contribution in [0.5, 0.6) is 5.75 Å². The van der Waals surface area contributed by atoms with Crippen LogP contribution >= 0.6 is 11.9 Å². The van der Waals surface area contributed by atoms with Gasteiger partial charge in [-0.15, -0.1) is 0 Å². The number of hydrogen-bond acceptors (Lipinski definition) is 3. The van der Waals surface area contributed by atoms with Gasteiger partial charge in [0, 0.05) is 28.6 Å². The Balaban J connectivity index is 2.03. The van der Waals surface area contributed by atoms with Crippen LogP contribution in [-0.2, 0) is 0 Å². The maximum atomic E-state index is 9.54. The van der Waals surface area contributed by atoms with Crippen molar-refractivity contribution in [2.45, 2.75) is 11.8 Å². The minimum absolute atomic E-state index is 0.251. The maximum Gasteiger partial charge on any atom is 0.124 e. The van der Waals surface area contributed by atoms with Crippen LogP contribution in [0, 0.1) is 6.92 Å². The summed E-state index contributed by atoms with van der Waals surface area (Å²) in [5.74, 6) is 0.251. The van der Waals surface area contributed by atoms with Crippen LogP contribution in [-0.4, -0.2) is 11.3 Å². The van der Waals surface area contributed by atoms with Crippen molar-refractivity contribution in [3.8, 4) is 5.75 Å². The van der Waals surface area contributed by atoms with Crippen molar-refractivity contribution in [1.29, 1.82) is 0 Å². The van der Waals surface area contributed by atoms with Crippen molar-refractivity contribution < 1.29 is 5.11 Å². The number of phenolic OH excluding ortho intramolecular Hbond substituents is 1. The second kappa shape index (κ2) is 5.55. The topological polar surface area (TPSA) is 32.6 Å². The molecule has 0 aromatic heterocycles. The molecule has 0 unspecified atom stereocenters. The highest BCUT2D eigenvalue weighted by molar-refractivity contribution is 7.98. The zero-order valence-corrected chi connectivity index (χ0v) is 10.3. The van der Waals surface area contributed by atoms with Gasteiger partial charge in [0.15, 0.2) is 0 Å². The van der Waals surface area contributed by atoms with Gasteiger partial charge in [-0.25, -0.2) is 4.40 Å². The number of hydrogen-bond donors (Lipinski definition) is 1. The van der Waals surface area contributed by atoms with Gasteiger partial charge in [-0.3, -0.25) is 0 Å². The zero-order chi connectivity index (χ0) is 12.1. The zero-order valence-electron chi connectivity index (χ0n) is 9.50. The largest absolute Gasteiger partial charge is 0.507 e. The van der Waals surface area contributed by atoms with E-state index in [1.165, 1.54) is 17.5 Å². The van der Waals surface area contributed by atoms with Gasteiger partial charge in [-0.05, 0) is 31.2 Å². The van der Waals surface area contributed by atoms with Gasteiger partial charge in [0.2, 0.25) is 0 Å². The second-order valence-electron chi connectivity index (χ2n) is 3.70. The maximum absolute atomic E-state index is 9.54. The lowest BCUT2D eigenvalue weighted by atomic mass is 10.2. The van der Waals surface area contributed by atoms with E-state index in [2.05, 4.69) is 23.5 Å². The predicted molar refractivity (Wildman–Crippen MR) is 72.7 cm³/mol. The molecule has 0 spiro atoms. The molecule has 86 valence electrons. The number of para-hydroxylation sites is 1. The molecule has 0 fully saturated rings. The summed E-state index contributed by atoms with van der Waals surface area (Å²) in [6.45, 7) is 2.06. The van der Waals surface area contributed by atoms with Crippen LogP contribution in [0.1, 0.15) is 11.1 Å². The number of nitrogens with zero attached hydrogens (tertiary/aromatic N) is 1. The summed E-state index contributed by atoms with van der Waals surface area (Å²) in [6, 6.07) is 15.3. The summed E-state index contributed by atoms with van der Waals surface area (Å²) < 4.78 is 4.23. The molecule has 0 aliphatic rings. The summed E-state index contributed by atoms with van der Waals surface area (Å²) in [5.41, 5.74) is 1.96. The van der Waals surface area contributed by atoms with Crippen molar-refractivity contribution >= 4 is 18.2 Å². The molecule has 0 aliphatic carbocycles. The molecule has 17 heavy (non-hydrogen) atoms. The van der Waals surface area contributed by atoms with E-state index in [4.69, 9.17) is 0 Å². The van der Waals surface area contributed by atoms with Gasteiger partial charge >= 0.3 is 0 Å². The number of rotatable bonds is 3. The molecular weight excluding hydrogens is 230 g/mol. The quantitative estimate of drug-likeness (QED) is 0.656. The first kappa shape index (κ1) is 11.7. The molecule has 2 rings (SSSR count). The molecule has 0 heterocycles. The molecule has 0 saturated heterocycles. The monoisotopic (exact) mass is 243 g/mol. The molecular formula is C14H13NOS. The molecule has 3 heteroatoms. The minimum Gasteiger partial charge on any atom is -0.507 e. The third kappa shape index (κ3) is 3.36. The first-order chi connectivity index (χ1) is 8.25. The van der Waals surface area contributed by atoms with E-state index in [1.54, 1.807) is 18.3 Å². The van der Waals surface area contributed by atoms with Crippen molar-refractivity contribution in [1.82, 2.24) is 0 Å². The second-order valence-corrected chi connectivity index (χ2v) is 4.56. The average Bonchev–Trinajstić information content (AvgIpc) is 2.34. The predicted octanol–water partition coefficient (Wildman–Crippen LogP) is 3.83. The molecule has 0 bridgehead atoms. The van der Waals surface area contributed by atoms with E-state index in [1.807, 2.05) is 24.3 Å². The first-order valence-corrected chi connectivity index (χ1v) is 6.08. The number of benzene rings is 2. The van der Waals surface area contributed by atoms with E-state index >= 15 is 0 Å². The Kier molecular flexibility index (Phi) is 3.83. The standard InChI is InChI=1S/C14H13NOS/c1-11-6-8-13(9-7-11)17-15-10-12-4-2-3-5-14(12)16/h2-10,16H,1H3/b15-10+. The normalized spacial score (nSPS) is 10.9. The smallest absolute Gasteiger partial charge is 0.124 e. The Bertz CT molecular complexity index is 520. The molecule has 0 amide bonds. The Labute approximate surface area is 105 Å². The molecule has 0 saturated carbocycles. The van der Waals surface area contributed by atoms with E-state index in [-0.39, 0.29) is 5.75 Å². The van der Waals surface area contributed by atoms with Gasteiger partial charge < -0.3 is 5.11 Å². The fourth-order valence-electron chi connectivity index (χ4n) is 1.34. The first-order valence-electron chi connectivity index (χ1n) is 5.31. The molecule has 0 aliphatic heterocycles. The van der Waals surface area contributed by atoms with Gasteiger partial charge in [0.25, 0.3) is 0 Å². The van der Waals surface area contributed by atoms with Crippen LogP contribution in [0.15, 0.2) is 57.8 Å². The Hall–Kier alpha value is -1.74. The average molecular weight is 243 g/mol. The van der Waals surface area contributed by atoms with Crippen molar-refractivity contribution in [2.75, 3.05) is 0 Å². The highest BCUT2D eigenvalue weighted by atomic mass is 32.2. The van der Waals surface area contributed by atoms with Crippen LogP contribution in [0.2, 0.25) is 0 Å². The molecule has 2 aromatic rings. The number of phenols is 1. The van der Waals surface area contributed by atoms with Crippen LogP contribution in [0.3, 0.4) is 0 Å². The molecule has 2 nitrogen and oxygen atoms in total. The SMILES string of the molecule is Cc1ccc(S/N=C/c2ccccc2O)cc1. The molecule has 0 atom stereocenters. The van der Waals surface area contributed by atoms with Crippen LogP contribution < -0.4 is 0 Å². The number of aromatic hydroxyl groups is 1. The fraction of sp³-hybridized carbons (Fsp3) is 0.0714. The van der Waals surface area contributed by atoms with Crippen molar-refractivity contribution in [2.24, 2.45) is 4.40 Å². The number of aryl methyl sites for hydroxylation is 1. The summed E-state index contributed by atoms with van der Waals surface area (Å²) in [7, 11) is 0. The van der Waals surface area contributed by atoms with E-state index in [0.717, 1.165) is 10.5 Å². The van der Waals surface area contributed by atoms with E-state index in [0.29, 0.717) is 0 Å². The highest BCUT2D eigenvalue weighted by Gasteiger charge is 1.95. The van der Waals surface area contributed by atoms with Gasteiger partial charge in [-0.2, -0.15) is 0 Å². The van der Waals surface area contributed by atoms with Crippen LogP contribution in [0.4, 0.5) is 0 Å². The molecule has 0 radical (unpaired) electrons. The summed E-state index contributed by atoms with van der Waals surface area (Å²) in [5, 5.41) is 9.54. The Morgan fingerprint density at radius 3 is 2.47 bits per heavy atom. The lowest BCUT2D eigenvalue weighted by molar-refractivity contribution is 0.474. The van der Waals surface area contributed by atoms with Gasteiger partial charge in [0.05, 0.1) is 0 Å². The summed E-state index contributed by atoms with van der Waals surface area (Å²) >= 11 is 1.39. The third-order valence-corrected chi connectivity index (χ3v) is 3.00. The Morgan fingerprint density at radius 2 is 1.76 bits per heavy atom. The molecule has 1 N–H and O–H groups in total. The van der Waals surface area contributed by atoms with E-state index < -0.39 is 0 Å². The van der Waals surface area contributed by atoms with Crippen molar-refractivity contribution in [3.05, 3.63) is 59.7 Å². The van der Waals surface area contributed by atoms with E-state index in [9.17, 15) is 5.11 Å². The minimum atomic E-state index is 0.251. The highest BCUT2D eigenvalue weighted by Crippen LogP contribution is 2.20. The lowest BCUT2D eigenvalue weighted by Gasteiger charge is -1.97. The fourth-order valence-corrected chi connectivity index (χ4v) is 1.89. The van der Waals surface area contributed by atoms with Gasteiger partial charge in [-0.1, -0.05) is 29.8 Å².